The predicted octanol–water partition coefficient (Wildman–Crippen LogP) is 2.89. The van der Waals surface area contributed by atoms with E-state index in [2.05, 4.69) is 4.98 Å². The number of aliphatic hydroxyl groups is 1. The molecule has 3 nitrogen and oxygen atoms in total. The van der Waals surface area contributed by atoms with E-state index in [9.17, 15) is 18.3 Å². The second-order valence-corrected chi connectivity index (χ2v) is 5.35. The number of β-amino-alcohol motifs (C(OH)–C–C–N with tert-alkyl or cyclic N) is 1. The van der Waals surface area contributed by atoms with E-state index < -0.39 is 18.3 Å². The van der Waals surface area contributed by atoms with Crippen LogP contribution in [0.2, 0.25) is 10.2 Å². The summed E-state index contributed by atoms with van der Waals surface area (Å²) in [5, 5.41) is 10.1. The van der Waals surface area contributed by atoms with Gasteiger partial charge in [0.05, 0.1) is 10.7 Å². The molecular formula is C11H11Cl2F3N2O. The number of aromatic nitrogens is 1. The first kappa shape index (κ1) is 14.8. The topological polar surface area (TPSA) is 36.4 Å². The van der Waals surface area contributed by atoms with Crippen LogP contribution in [0.25, 0.3) is 0 Å². The molecule has 1 aromatic rings. The normalized spacial score (nSPS) is 24.9. The van der Waals surface area contributed by atoms with Gasteiger partial charge in [0.25, 0.3) is 0 Å². The molecule has 0 aliphatic carbocycles. The standard InChI is InChI=1S/C11H11Cl2F3N2O/c12-7-1-2-9(13)17-8(7)5-18-4-3-10(19,6-18)11(14,15)16/h1-2,19H,3-6H2. The van der Waals surface area contributed by atoms with Crippen molar-refractivity contribution in [3.8, 4) is 0 Å². The van der Waals surface area contributed by atoms with Crippen molar-refractivity contribution in [2.45, 2.75) is 24.7 Å². The minimum absolute atomic E-state index is 0.123. The van der Waals surface area contributed by atoms with E-state index in [-0.39, 0.29) is 24.7 Å². The third kappa shape index (κ3) is 3.13. The Kier molecular flexibility index (Phi) is 3.97. The monoisotopic (exact) mass is 314 g/mol. The van der Waals surface area contributed by atoms with Crippen molar-refractivity contribution in [1.82, 2.24) is 9.88 Å². The van der Waals surface area contributed by atoms with E-state index in [1.807, 2.05) is 0 Å². The van der Waals surface area contributed by atoms with E-state index >= 15 is 0 Å². The van der Waals surface area contributed by atoms with Gasteiger partial charge in [0.15, 0.2) is 5.60 Å². The Hall–Kier alpha value is -0.560. The zero-order chi connectivity index (χ0) is 14.3. The molecule has 0 radical (unpaired) electrons. The molecule has 1 fully saturated rings. The smallest absolute Gasteiger partial charge is 0.379 e. The van der Waals surface area contributed by atoms with E-state index in [1.54, 1.807) is 0 Å². The van der Waals surface area contributed by atoms with Crippen molar-refractivity contribution in [3.63, 3.8) is 0 Å². The fourth-order valence-electron chi connectivity index (χ4n) is 2.02. The van der Waals surface area contributed by atoms with E-state index in [1.165, 1.54) is 17.0 Å². The number of hydrogen-bond acceptors (Lipinski definition) is 3. The molecule has 1 aliphatic heterocycles. The molecule has 1 atom stereocenters. The highest BCUT2D eigenvalue weighted by Crippen LogP contribution is 2.38. The van der Waals surface area contributed by atoms with Crippen LogP contribution >= 0.6 is 23.2 Å². The van der Waals surface area contributed by atoms with Crippen LogP contribution in [0.3, 0.4) is 0 Å². The van der Waals surface area contributed by atoms with Gasteiger partial charge in [0, 0.05) is 19.6 Å². The van der Waals surface area contributed by atoms with E-state index in [0.29, 0.717) is 10.7 Å². The van der Waals surface area contributed by atoms with Crippen LogP contribution in [0.5, 0.6) is 0 Å². The Morgan fingerprint density at radius 3 is 2.63 bits per heavy atom. The van der Waals surface area contributed by atoms with Crippen molar-refractivity contribution < 1.29 is 18.3 Å². The third-order valence-corrected chi connectivity index (χ3v) is 3.67. The molecule has 1 aromatic heterocycles. The molecule has 2 rings (SSSR count). The Bertz CT molecular complexity index is 483. The van der Waals surface area contributed by atoms with Gasteiger partial charge in [0.1, 0.15) is 5.15 Å². The average molecular weight is 315 g/mol. The number of halogens is 5. The number of hydrogen-bond donors (Lipinski definition) is 1. The summed E-state index contributed by atoms with van der Waals surface area (Å²) < 4.78 is 38.0. The molecule has 1 saturated heterocycles. The Morgan fingerprint density at radius 1 is 1.37 bits per heavy atom. The Labute approximate surface area is 117 Å². The van der Waals surface area contributed by atoms with Crippen LogP contribution in [0.4, 0.5) is 13.2 Å². The van der Waals surface area contributed by atoms with Gasteiger partial charge in [0.2, 0.25) is 0 Å². The zero-order valence-corrected chi connectivity index (χ0v) is 11.2. The number of likely N-dealkylation sites (tertiary alicyclic amines) is 1. The van der Waals surface area contributed by atoms with Gasteiger partial charge in [-0.1, -0.05) is 23.2 Å². The molecule has 19 heavy (non-hydrogen) atoms. The number of rotatable bonds is 2. The molecule has 0 spiro atoms. The molecule has 0 amide bonds. The highest BCUT2D eigenvalue weighted by Gasteiger charge is 2.56. The summed E-state index contributed by atoms with van der Waals surface area (Å²) in [6.07, 6.45) is -4.98. The van der Waals surface area contributed by atoms with Crippen molar-refractivity contribution >= 4 is 23.2 Å². The molecule has 1 unspecified atom stereocenters. The lowest BCUT2D eigenvalue weighted by molar-refractivity contribution is -0.254. The second kappa shape index (κ2) is 5.09. The second-order valence-electron chi connectivity index (χ2n) is 4.55. The molecule has 1 aliphatic rings. The fraction of sp³-hybridized carbons (Fsp3) is 0.545. The van der Waals surface area contributed by atoms with Crippen LogP contribution in [0, 0.1) is 0 Å². The lowest BCUT2D eigenvalue weighted by atomic mass is 10.0. The molecular weight excluding hydrogens is 304 g/mol. The largest absolute Gasteiger partial charge is 0.418 e. The molecule has 106 valence electrons. The summed E-state index contributed by atoms with van der Waals surface area (Å²) in [6.45, 7) is -0.237. The summed E-state index contributed by atoms with van der Waals surface area (Å²) in [5.41, 5.74) is -2.25. The van der Waals surface area contributed by atoms with Crippen molar-refractivity contribution in [3.05, 3.63) is 28.0 Å². The number of pyridine rings is 1. The molecule has 2 heterocycles. The van der Waals surface area contributed by atoms with Crippen LogP contribution in [0.15, 0.2) is 12.1 Å². The van der Waals surface area contributed by atoms with Gasteiger partial charge in [-0.05, 0) is 18.6 Å². The van der Waals surface area contributed by atoms with Crippen LogP contribution in [-0.4, -0.2) is 39.9 Å². The lowest BCUT2D eigenvalue weighted by Gasteiger charge is -2.26. The fourth-order valence-corrected chi connectivity index (χ4v) is 2.35. The average Bonchev–Trinajstić information content (AvgIpc) is 2.66. The van der Waals surface area contributed by atoms with Gasteiger partial charge in [-0.3, -0.25) is 4.90 Å². The third-order valence-electron chi connectivity index (χ3n) is 3.11. The molecule has 8 heteroatoms. The summed E-state index contributed by atoms with van der Waals surface area (Å²) in [5.74, 6) is 0. The van der Waals surface area contributed by atoms with Gasteiger partial charge in [-0.15, -0.1) is 0 Å². The molecule has 0 bridgehead atoms. The number of alkyl halides is 3. The van der Waals surface area contributed by atoms with Crippen LogP contribution in [-0.2, 0) is 6.54 Å². The van der Waals surface area contributed by atoms with Gasteiger partial charge < -0.3 is 5.11 Å². The SMILES string of the molecule is OC1(C(F)(F)F)CCN(Cc2nc(Cl)ccc2Cl)C1. The maximum Gasteiger partial charge on any atom is 0.418 e. The quantitative estimate of drug-likeness (QED) is 0.853. The lowest BCUT2D eigenvalue weighted by Crippen LogP contribution is -2.47. The van der Waals surface area contributed by atoms with E-state index in [0.717, 1.165) is 0 Å². The van der Waals surface area contributed by atoms with E-state index in [4.69, 9.17) is 23.2 Å². The van der Waals surface area contributed by atoms with Crippen LogP contribution in [0.1, 0.15) is 12.1 Å². The Balaban J connectivity index is 2.09. The highest BCUT2D eigenvalue weighted by atomic mass is 35.5. The minimum Gasteiger partial charge on any atom is -0.379 e. The maximum absolute atomic E-state index is 12.7. The summed E-state index contributed by atoms with van der Waals surface area (Å²) >= 11 is 11.6. The summed E-state index contributed by atoms with van der Waals surface area (Å²) in [7, 11) is 0. The summed E-state index contributed by atoms with van der Waals surface area (Å²) in [6, 6.07) is 3.04. The molecule has 1 N–H and O–H groups in total. The molecule has 0 aromatic carbocycles. The maximum atomic E-state index is 12.7. The first-order chi connectivity index (χ1) is 8.71. The molecule has 0 saturated carbocycles. The summed E-state index contributed by atoms with van der Waals surface area (Å²) in [4.78, 5) is 5.43. The van der Waals surface area contributed by atoms with Crippen molar-refractivity contribution in [2.75, 3.05) is 13.1 Å². The first-order valence-corrected chi connectivity index (χ1v) is 6.29. The van der Waals surface area contributed by atoms with Gasteiger partial charge in [-0.2, -0.15) is 13.2 Å². The predicted molar refractivity (Wildman–Crippen MR) is 65.2 cm³/mol. The van der Waals surface area contributed by atoms with Crippen molar-refractivity contribution in [1.29, 1.82) is 0 Å². The van der Waals surface area contributed by atoms with Crippen molar-refractivity contribution in [2.24, 2.45) is 0 Å². The van der Waals surface area contributed by atoms with Gasteiger partial charge in [-0.25, -0.2) is 4.98 Å². The first-order valence-electron chi connectivity index (χ1n) is 5.54. The highest BCUT2D eigenvalue weighted by molar-refractivity contribution is 6.32. The minimum atomic E-state index is -4.63. The Morgan fingerprint density at radius 2 is 2.05 bits per heavy atom. The van der Waals surface area contributed by atoms with Gasteiger partial charge >= 0.3 is 6.18 Å². The zero-order valence-electron chi connectivity index (χ0n) is 9.71. The number of nitrogens with zero attached hydrogens (tertiary/aromatic N) is 2. The van der Waals surface area contributed by atoms with Crippen LogP contribution < -0.4 is 0 Å².